The average Bonchev–Trinajstić information content (AvgIpc) is 2.85. The van der Waals surface area contributed by atoms with Crippen LogP contribution in [0.25, 0.3) is 17.2 Å². The highest BCUT2D eigenvalue weighted by molar-refractivity contribution is 5.96. The maximum atomic E-state index is 11.4. The van der Waals surface area contributed by atoms with E-state index >= 15 is 0 Å². The normalized spacial score (nSPS) is 10.7. The van der Waals surface area contributed by atoms with Gasteiger partial charge in [-0.15, -0.1) is 10.2 Å². The van der Waals surface area contributed by atoms with Crippen LogP contribution in [0, 0.1) is 0 Å². The minimum Gasteiger partial charge on any atom is -0.366 e. The van der Waals surface area contributed by atoms with Crippen molar-refractivity contribution >= 4 is 5.91 Å². The summed E-state index contributed by atoms with van der Waals surface area (Å²) in [5.41, 5.74) is 6.94. The van der Waals surface area contributed by atoms with Gasteiger partial charge in [-0.05, 0) is 17.3 Å². The van der Waals surface area contributed by atoms with E-state index in [1.807, 2.05) is 6.07 Å². The van der Waals surface area contributed by atoms with Gasteiger partial charge in [0.2, 0.25) is 5.82 Å². The van der Waals surface area contributed by atoms with Crippen LogP contribution in [0.2, 0.25) is 0 Å². The summed E-state index contributed by atoms with van der Waals surface area (Å²) in [6, 6.07) is 7.00. The van der Waals surface area contributed by atoms with Crippen LogP contribution in [0.15, 0.2) is 36.8 Å². The molecule has 2 N–H and O–H groups in total. The predicted molar refractivity (Wildman–Crippen MR) is 62.1 cm³/mol. The van der Waals surface area contributed by atoms with Gasteiger partial charge in [0.15, 0.2) is 5.69 Å². The summed E-state index contributed by atoms with van der Waals surface area (Å²) >= 11 is 0. The molecule has 0 aliphatic carbocycles. The van der Waals surface area contributed by atoms with E-state index in [4.69, 9.17) is 5.73 Å². The SMILES string of the molecule is NC(=O)c1ccccc1-n1cnc2nnnc-2c1. The van der Waals surface area contributed by atoms with Crippen LogP contribution in [-0.4, -0.2) is 30.9 Å². The number of primary amides is 1. The Morgan fingerprint density at radius 2 is 2.06 bits per heavy atom. The molecule has 0 aromatic heterocycles. The first kappa shape index (κ1) is 10.3. The maximum Gasteiger partial charge on any atom is 0.250 e. The van der Waals surface area contributed by atoms with E-state index in [1.54, 1.807) is 35.3 Å². The summed E-state index contributed by atoms with van der Waals surface area (Å²) in [4.78, 5) is 15.4. The molecule has 0 bridgehead atoms. The van der Waals surface area contributed by atoms with Crippen molar-refractivity contribution in [2.75, 3.05) is 0 Å². The van der Waals surface area contributed by atoms with Gasteiger partial charge in [-0.1, -0.05) is 12.1 Å². The molecule has 1 aromatic rings. The van der Waals surface area contributed by atoms with Crippen molar-refractivity contribution in [1.29, 1.82) is 0 Å². The number of fused-ring (bicyclic) bond motifs is 1. The molecule has 2 heterocycles. The fraction of sp³-hybridized carbons (Fsp3) is 0. The molecule has 7 nitrogen and oxygen atoms in total. The Kier molecular flexibility index (Phi) is 2.23. The Morgan fingerprint density at radius 1 is 1.22 bits per heavy atom. The molecular formula is C11H8N6O. The monoisotopic (exact) mass is 240 g/mol. The lowest BCUT2D eigenvalue weighted by atomic mass is 10.1. The van der Waals surface area contributed by atoms with Crippen LogP contribution in [0.5, 0.6) is 0 Å². The third-order valence-electron chi connectivity index (χ3n) is 2.53. The number of nitrogens with two attached hydrogens (primary N) is 1. The number of carbonyl (C=O) groups is 1. The minimum atomic E-state index is -0.495. The highest BCUT2D eigenvalue weighted by Gasteiger charge is 2.12. The minimum absolute atomic E-state index is 0.413. The van der Waals surface area contributed by atoms with Crippen LogP contribution in [-0.2, 0) is 0 Å². The van der Waals surface area contributed by atoms with Gasteiger partial charge in [0.25, 0.3) is 5.91 Å². The predicted octanol–water partition coefficient (Wildman–Crippen LogP) is 0.261. The van der Waals surface area contributed by atoms with Gasteiger partial charge < -0.3 is 10.3 Å². The highest BCUT2D eigenvalue weighted by Crippen LogP contribution is 2.17. The van der Waals surface area contributed by atoms with Crippen molar-refractivity contribution in [3.63, 3.8) is 0 Å². The molecule has 1 amide bonds. The Labute approximate surface area is 102 Å². The van der Waals surface area contributed by atoms with E-state index < -0.39 is 5.91 Å². The van der Waals surface area contributed by atoms with E-state index in [1.165, 1.54) is 0 Å². The molecule has 0 fully saturated rings. The molecule has 18 heavy (non-hydrogen) atoms. The number of hydrogen-bond acceptors (Lipinski definition) is 5. The van der Waals surface area contributed by atoms with Crippen LogP contribution in [0.3, 0.4) is 0 Å². The lowest BCUT2D eigenvalue weighted by Gasteiger charge is -2.10. The summed E-state index contributed by atoms with van der Waals surface area (Å²) < 4.78 is 1.67. The second kappa shape index (κ2) is 3.88. The third-order valence-corrected chi connectivity index (χ3v) is 2.53. The van der Waals surface area contributed by atoms with Gasteiger partial charge in [0.1, 0.15) is 6.33 Å². The molecule has 0 spiro atoms. The molecule has 3 rings (SSSR count). The number of carbonyl (C=O) groups excluding carboxylic acids is 1. The molecule has 2 aliphatic rings. The fourth-order valence-electron chi connectivity index (χ4n) is 1.71. The summed E-state index contributed by atoms with van der Waals surface area (Å²) in [5, 5.41) is 11.1. The molecule has 1 aromatic carbocycles. The van der Waals surface area contributed by atoms with Crippen molar-refractivity contribution in [3.8, 4) is 17.2 Å². The topological polar surface area (TPSA) is 99.6 Å². The summed E-state index contributed by atoms with van der Waals surface area (Å²) in [7, 11) is 0. The van der Waals surface area contributed by atoms with Gasteiger partial charge >= 0.3 is 0 Å². The van der Waals surface area contributed by atoms with E-state index in [2.05, 4.69) is 20.4 Å². The van der Waals surface area contributed by atoms with Crippen molar-refractivity contribution in [2.45, 2.75) is 0 Å². The first-order chi connectivity index (χ1) is 8.75. The van der Waals surface area contributed by atoms with Crippen LogP contribution in [0.4, 0.5) is 0 Å². The quantitative estimate of drug-likeness (QED) is 0.692. The number of amides is 1. The van der Waals surface area contributed by atoms with Crippen LogP contribution < -0.4 is 5.73 Å². The van der Waals surface area contributed by atoms with Crippen LogP contribution >= 0.6 is 0 Å². The molecule has 7 heteroatoms. The van der Waals surface area contributed by atoms with E-state index in [-0.39, 0.29) is 0 Å². The average molecular weight is 240 g/mol. The molecule has 0 saturated carbocycles. The molecule has 0 unspecified atom stereocenters. The Balaban J connectivity index is 2.21. The summed E-state index contributed by atoms with van der Waals surface area (Å²) in [5.74, 6) is -0.0345. The largest absolute Gasteiger partial charge is 0.366 e. The smallest absolute Gasteiger partial charge is 0.250 e. The molecule has 2 aliphatic heterocycles. The van der Waals surface area contributed by atoms with Crippen molar-refractivity contribution in [1.82, 2.24) is 25.0 Å². The van der Waals surface area contributed by atoms with Crippen molar-refractivity contribution < 1.29 is 4.79 Å². The number of benzene rings is 1. The third kappa shape index (κ3) is 1.58. The van der Waals surface area contributed by atoms with Gasteiger partial charge in [-0.2, -0.15) is 0 Å². The second-order valence-electron chi connectivity index (χ2n) is 3.66. The summed E-state index contributed by atoms with van der Waals surface area (Å²) in [6.07, 6.45) is 3.24. The Hall–Kier alpha value is -2.83. The standard InChI is InChI=1S/C11H8N6O/c12-10(18)7-3-1-2-4-9(7)17-5-8-11(13-6-17)15-16-14-8/h1-6H,(H2,12,18). The van der Waals surface area contributed by atoms with Gasteiger partial charge in [0.05, 0.1) is 11.3 Å². The lowest BCUT2D eigenvalue weighted by molar-refractivity contribution is 0.100. The van der Waals surface area contributed by atoms with E-state index in [0.29, 0.717) is 22.8 Å². The Bertz CT molecular complexity index is 692. The zero-order chi connectivity index (χ0) is 12.5. The molecule has 0 atom stereocenters. The Morgan fingerprint density at radius 3 is 2.89 bits per heavy atom. The van der Waals surface area contributed by atoms with Crippen molar-refractivity contribution in [3.05, 3.63) is 42.4 Å². The number of aromatic nitrogens is 5. The first-order valence-corrected chi connectivity index (χ1v) is 5.18. The van der Waals surface area contributed by atoms with Crippen LogP contribution in [0.1, 0.15) is 10.4 Å². The zero-order valence-electron chi connectivity index (χ0n) is 9.19. The van der Waals surface area contributed by atoms with Gasteiger partial charge in [0, 0.05) is 6.20 Å². The van der Waals surface area contributed by atoms with E-state index in [9.17, 15) is 4.79 Å². The fourth-order valence-corrected chi connectivity index (χ4v) is 1.71. The van der Waals surface area contributed by atoms with Crippen molar-refractivity contribution in [2.24, 2.45) is 5.73 Å². The zero-order valence-corrected chi connectivity index (χ0v) is 9.19. The highest BCUT2D eigenvalue weighted by atomic mass is 16.1. The number of hydrogen-bond donors (Lipinski definition) is 1. The molecular weight excluding hydrogens is 232 g/mol. The number of rotatable bonds is 2. The lowest BCUT2D eigenvalue weighted by Crippen LogP contribution is -2.14. The molecule has 88 valence electrons. The maximum absolute atomic E-state index is 11.4. The number of para-hydroxylation sites is 1. The summed E-state index contributed by atoms with van der Waals surface area (Å²) in [6.45, 7) is 0. The molecule has 0 saturated heterocycles. The number of nitrogens with zero attached hydrogens (tertiary/aromatic N) is 5. The van der Waals surface area contributed by atoms with Gasteiger partial charge in [-0.25, -0.2) is 4.98 Å². The second-order valence-corrected chi connectivity index (χ2v) is 3.66. The first-order valence-electron chi connectivity index (χ1n) is 5.18. The molecule has 0 radical (unpaired) electrons. The van der Waals surface area contributed by atoms with E-state index in [0.717, 1.165) is 0 Å². The van der Waals surface area contributed by atoms with Gasteiger partial charge in [-0.3, -0.25) is 4.79 Å².